The van der Waals surface area contributed by atoms with Crippen molar-refractivity contribution in [1.82, 2.24) is 5.32 Å². The van der Waals surface area contributed by atoms with Crippen molar-refractivity contribution in [2.24, 2.45) is 11.8 Å². The summed E-state index contributed by atoms with van der Waals surface area (Å²) in [6.07, 6.45) is 1.13. The number of aliphatic hydroxyl groups is 1. The summed E-state index contributed by atoms with van der Waals surface area (Å²) < 4.78 is 13.6. The van der Waals surface area contributed by atoms with Gasteiger partial charge in [-0.2, -0.15) is 0 Å². The van der Waals surface area contributed by atoms with Crippen LogP contribution in [0.2, 0.25) is 0 Å². The van der Waals surface area contributed by atoms with E-state index in [0.29, 0.717) is 5.56 Å². The van der Waals surface area contributed by atoms with E-state index in [-0.39, 0.29) is 23.5 Å². The summed E-state index contributed by atoms with van der Waals surface area (Å²) in [6.45, 7) is 12.4. The second-order valence-corrected chi connectivity index (χ2v) is 7.80. The van der Waals surface area contributed by atoms with Gasteiger partial charge in [-0.15, -0.1) is 0 Å². The van der Waals surface area contributed by atoms with E-state index in [1.165, 1.54) is 11.6 Å². The molecule has 0 radical (unpaired) electrons. The molecule has 26 heavy (non-hydrogen) atoms. The van der Waals surface area contributed by atoms with E-state index in [4.69, 9.17) is 0 Å². The molecule has 3 N–H and O–H groups in total. The van der Waals surface area contributed by atoms with Gasteiger partial charge in [-0.05, 0) is 42.4 Å². The van der Waals surface area contributed by atoms with Crippen LogP contribution in [0, 0.1) is 17.7 Å². The second-order valence-electron chi connectivity index (χ2n) is 7.80. The molecule has 0 saturated heterocycles. The highest BCUT2D eigenvalue weighted by Gasteiger charge is 2.35. The molecular formula is C22H32FNO2. The van der Waals surface area contributed by atoms with Gasteiger partial charge in [0.1, 0.15) is 11.6 Å². The Balaban J connectivity index is 2.79. The molecule has 144 valence electrons. The van der Waals surface area contributed by atoms with E-state index in [0.717, 1.165) is 35.9 Å². The molecule has 3 nitrogen and oxygen atoms in total. The van der Waals surface area contributed by atoms with Crippen molar-refractivity contribution in [3.8, 4) is 5.75 Å². The predicted molar refractivity (Wildman–Crippen MR) is 104 cm³/mol. The van der Waals surface area contributed by atoms with Crippen molar-refractivity contribution in [2.45, 2.75) is 66.4 Å². The van der Waals surface area contributed by atoms with Crippen LogP contribution in [0.5, 0.6) is 5.75 Å². The quantitative estimate of drug-likeness (QED) is 0.651. The van der Waals surface area contributed by atoms with Gasteiger partial charge >= 0.3 is 0 Å². The monoisotopic (exact) mass is 361 g/mol. The first kappa shape index (κ1) is 20.5. The van der Waals surface area contributed by atoms with Gasteiger partial charge in [-0.1, -0.05) is 47.1 Å². The topological polar surface area (TPSA) is 52.5 Å². The van der Waals surface area contributed by atoms with Crippen molar-refractivity contribution < 1.29 is 14.6 Å². The number of aromatic hydroxyl groups is 1. The molecule has 2 atom stereocenters. The third-order valence-corrected chi connectivity index (χ3v) is 5.01. The number of rotatable bonds is 6. The molecule has 1 aromatic rings. The minimum absolute atomic E-state index is 0.0603. The fraction of sp³-hybridized carbons (Fsp3) is 0.545. The molecular weight excluding hydrogens is 329 g/mol. The largest absolute Gasteiger partial charge is 0.508 e. The van der Waals surface area contributed by atoms with Crippen LogP contribution in [-0.4, -0.2) is 16.3 Å². The van der Waals surface area contributed by atoms with Gasteiger partial charge in [-0.3, -0.25) is 0 Å². The molecule has 1 aliphatic heterocycles. The number of allylic oxidation sites excluding steroid dienone is 3. The zero-order valence-corrected chi connectivity index (χ0v) is 16.7. The third kappa shape index (κ3) is 3.96. The Kier molecular flexibility index (Phi) is 6.51. The molecule has 0 aromatic heterocycles. The molecule has 2 rings (SSSR count). The Morgan fingerprint density at radius 2 is 1.69 bits per heavy atom. The number of hydrogen-bond donors (Lipinski definition) is 3. The smallest absolute Gasteiger partial charge is 0.126 e. The number of nitrogens with one attached hydrogen (secondary N) is 1. The third-order valence-electron chi connectivity index (χ3n) is 5.01. The highest BCUT2D eigenvalue weighted by molar-refractivity contribution is 5.52. The highest BCUT2D eigenvalue weighted by Crippen LogP contribution is 2.46. The van der Waals surface area contributed by atoms with Crippen LogP contribution >= 0.6 is 0 Å². The predicted octanol–water partition coefficient (Wildman–Crippen LogP) is 5.22. The molecule has 0 amide bonds. The van der Waals surface area contributed by atoms with Gasteiger partial charge in [0, 0.05) is 28.9 Å². The summed E-state index contributed by atoms with van der Waals surface area (Å²) in [6, 6.07) is 4.18. The van der Waals surface area contributed by atoms with Gasteiger partial charge in [0.25, 0.3) is 0 Å². The molecule has 1 aromatic carbocycles. The normalized spacial score (nSPS) is 19.4. The Morgan fingerprint density at radius 1 is 1.08 bits per heavy atom. The van der Waals surface area contributed by atoms with Crippen molar-refractivity contribution in [3.05, 3.63) is 52.1 Å². The minimum Gasteiger partial charge on any atom is -0.508 e. The molecule has 0 unspecified atom stereocenters. The van der Waals surface area contributed by atoms with Crippen molar-refractivity contribution in [1.29, 1.82) is 0 Å². The van der Waals surface area contributed by atoms with E-state index in [1.54, 1.807) is 13.0 Å². The van der Waals surface area contributed by atoms with Gasteiger partial charge in [-0.25, -0.2) is 4.39 Å². The van der Waals surface area contributed by atoms with Crippen LogP contribution in [0.3, 0.4) is 0 Å². The van der Waals surface area contributed by atoms with E-state index >= 15 is 0 Å². The number of phenolic OH excluding ortho intramolecular Hbond substituents is 1. The van der Waals surface area contributed by atoms with Crippen LogP contribution in [0.15, 0.2) is 40.7 Å². The van der Waals surface area contributed by atoms with Crippen LogP contribution in [0.4, 0.5) is 4.39 Å². The van der Waals surface area contributed by atoms with E-state index in [9.17, 15) is 14.6 Å². The van der Waals surface area contributed by atoms with E-state index in [2.05, 4.69) is 39.9 Å². The summed E-state index contributed by atoms with van der Waals surface area (Å²) in [5, 5.41) is 24.7. The summed E-state index contributed by atoms with van der Waals surface area (Å²) in [7, 11) is 0. The number of aliphatic hydroxyl groups excluding tert-OH is 1. The van der Waals surface area contributed by atoms with Gasteiger partial charge < -0.3 is 15.5 Å². The number of phenols is 1. The Hall–Kier alpha value is -1.81. The van der Waals surface area contributed by atoms with Crippen molar-refractivity contribution in [3.63, 3.8) is 0 Å². The average Bonchev–Trinajstić information content (AvgIpc) is 2.54. The molecule has 1 heterocycles. The highest BCUT2D eigenvalue weighted by atomic mass is 19.1. The lowest BCUT2D eigenvalue weighted by Crippen LogP contribution is -2.34. The number of dihydropyridines is 1. The molecule has 1 aliphatic rings. The lowest BCUT2D eigenvalue weighted by atomic mass is 9.74. The van der Waals surface area contributed by atoms with Crippen LogP contribution < -0.4 is 5.32 Å². The molecule has 0 aliphatic carbocycles. The minimum atomic E-state index is -0.671. The maximum atomic E-state index is 13.6. The molecule has 0 fully saturated rings. The molecule has 0 saturated carbocycles. The maximum Gasteiger partial charge on any atom is 0.126 e. The second kappa shape index (κ2) is 8.26. The molecule has 0 spiro atoms. The van der Waals surface area contributed by atoms with Crippen LogP contribution in [0.1, 0.15) is 65.9 Å². The summed E-state index contributed by atoms with van der Waals surface area (Å²) in [5.41, 5.74) is 4.84. The van der Waals surface area contributed by atoms with Crippen LogP contribution in [0.25, 0.3) is 0 Å². The first-order valence-corrected chi connectivity index (χ1v) is 9.59. The number of hydrogen-bond acceptors (Lipinski definition) is 3. The Morgan fingerprint density at radius 3 is 2.15 bits per heavy atom. The summed E-state index contributed by atoms with van der Waals surface area (Å²) in [4.78, 5) is 0. The van der Waals surface area contributed by atoms with E-state index in [1.807, 2.05) is 0 Å². The zero-order chi connectivity index (χ0) is 19.6. The summed E-state index contributed by atoms with van der Waals surface area (Å²) >= 11 is 0. The lowest BCUT2D eigenvalue weighted by Gasteiger charge is -2.39. The zero-order valence-electron chi connectivity index (χ0n) is 16.7. The first-order chi connectivity index (χ1) is 12.2. The standard InChI is InChI=1S/C22H32FNO2/c1-7-8-17-20(16-10-9-15(23)11-18(16)26)19(14(6)25)22(13(4)5)24-21(17)12(2)3/h9-14,20,24-26H,7-8H2,1-6H3/t14-,20+/m0/s1. The van der Waals surface area contributed by atoms with Gasteiger partial charge in [0.15, 0.2) is 0 Å². The lowest BCUT2D eigenvalue weighted by molar-refractivity contribution is 0.219. The summed E-state index contributed by atoms with van der Waals surface area (Å²) in [5.74, 6) is -0.286. The Bertz CT molecular complexity index is 717. The number of benzene rings is 1. The average molecular weight is 362 g/mol. The fourth-order valence-electron chi connectivity index (χ4n) is 3.92. The van der Waals surface area contributed by atoms with Gasteiger partial charge in [0.2, 0.25) is 0 Å². The van der Waals surface area contributed by atoms with Crippen LogP contribution in [-0.2, 0) is 0 Å². The van der Waals surface area contributed by atoms with Crippen molar-refractivity contribution in [2.75, 3.05) is 0 Å². The Labute approximate surface area is 156 Å². The SMILES string of the molecule is CCCC1=C(C(C)C)NC(C(C)C)=C([C@H](C)O)[C@@H]1c1ccc(F)cc1O. The molecule has 4 heteroatoms. The first-order valence-electron chi connectivity index (χ1n) is 9.59. The molecule has 0 bridgehead atoms. The van der Waals surface area contributed by atoms with Gasteiger partial charge in [0.05, 0.1) is 6.10 Å². The number of halogens is 1. The fourth-order valence-corrected chi connectivity index (χ4v) is 3.92. The van der Waals surface area contributed by atoms with Crippen molar-refractivity contribution >= 4 is 0 Å². The maximum absolute atomic E-state index is 13.6. The van der Waals surface area contributed by atoms with E-state index < -0.39 is 11.9 Å².